The lowest BCUT2D eigenvalue weighted by atomic mass is 10.00. The molecule has 0 unspecified atom stereocenters. The molecular formula is C30H48N8O9. The molecule has 1 heterocycles. The topological polar surface area (TPSA) is 296 Å². The van der Waals surface area contributed by atoms with Gasteiger partial charge in [0.1, 0.15) is 23.9 Å². The van der Waals surface area contributed by atoms with Gasteiger partial charge in [-0.05, 0) is 49.8 Å². The van der Waals surface area contributed by atoms with Gasteiger partial charge in [0.15, 0.2) is 12.0 Å². The summed E-state index contributed by atoms with van der Waals surface area (Å²) in [4.78, 5) is 70.2. The summed E-state index contributed by atoms with van der Waals surface area (Å²) in [6.07, 6.45) is -2.02. The summed E-state index contributed by atoms with van der Waals surface area (Å²) in [5, 5.41) is 46.8. The van der Waals surface area contributed by atoms with E-state index in [9.17, 15) is 44.4 Å². The quantitative estimate of drug-likeness (QED) is 0.0460. The molecule has 13 N–H and O–H groups in total. The summed E-state index contributed by atoms with van der Waals surface area (Å²) >= 11 is 0. The highest BCUT2D eigenvalue weighted by Gasteiger charge is 2.43. The number of aliphatic hydroxyl groups is 2. The largest absolute Gasteiger partial charge is 0.508 e. The molecule has 1 fully saturated rings. The Labute approximate surface area is 272 Å². The number of phenols is 1. The van der Waals surface area contributed by atoms with Gasteiger partial charge in [-0.15, -0.1) is 0 Å². The predicted molar refractivity (Wildman–Crippen MR) is 170 cm³/mol. The molecule has 0 bridgehead atoms. The average molecular weight is 665 g/mol. The van der Waals surface area contributed by atoms with Crippen molar-refractivity contribution in [1.29, 1.82) is 0 Å². The molecule has 2 rings (SSSR count). The van der Waals surface area contributed by atoms with Gasteiger partial charge in [-0.2, -0.15) is 0 Å². The molecule has 0 radical (unpaired) electrons. The van der Waals surface area contributed by atoms with Crippen molar-refractivity contribution >= 4 is 35.6 Å². The van der Waals surface area contributed by atoms with E-state index in [4.69, 9.17) is 17.2 Å². The summed E-state index contributed by atoms with van der Waals surface area (Å²) < 4.78 is 0. The van der Waals surface area contributed by atoms with E-state index in [1.54, 1.807) is 12.1 Å². The van der Waals surface area contributed by atoms with E-state index >= 15 is 0 Å². The third-order valence-corrected chi connectivity index (χ3v) is 7.55. The van der Waals surface area contributed by atoms with Crippen LogP contribution in [0.15, 0.2) is 29.3 Å². The Kier molecular flexibility index (Phi) is 14.8. The second-order valence-corrected chi connectivity index (χ2v) is 12.1. The number of carboxylic acid groups (broad SMARTS) is 1. The summed E-state index contributed by atoms with van der Waals surface area (Å²) in [5.41, 5.74) is 17.3. The summed E-state index contributed by atoms with van der Waals surface area (Å²) in [7, 11) is 0. The molecule has 17 nitrogen and oxygen atoms in total. The van der Waals surface area contributed by atoms with Gasteiger partial charge in [-0.3, -0.25) is 24.2 Å². The normalized spacial score (nSPS) is 19.2. The first kappa shape index (κ1) is 38.7. The number of carboxylic acids is 1. The maximum Gasteiger partial charge on any atom is 0.328 e. The fourth-order valence-electron chi connectivity index (χ4n) is 5.12. The second kappa shape index (κ2) is 18.0. The van der Waals surface area contributed by atoms with E-state index in [0.29, 0.717) is 12.0 Å². The molecule has 4 amide bonds. The van der Waals surface area contributed by atoms with Gasteiger partial charge in [-0.25, -0.2) is 4.79 Å². The van der Waals surface area contributed by atoms with E-state index in [-0.39, 0.29) is 56.4 Å². The highest BCUT2D eigenvalue weighted by molar-refractivity contribution is 5.96. The van der Waals surface area contributed by atoms with Crippen LogP contribution in [0.25, 0.3) is 0 Å². The molecule has 17 heteroatoms. The van der Waals surface area contributed by atoms with Crippen LogP contribution < -0.4 is 33.2 Å². The smallest absolute Gasteiger partial charge is 0.328 e. The van der Waals surface area contributed by atoms with Gasteiger partial charge < -0.3 is 58.5 Å². The number of aliphatic hydroxyl groups excluding tert-OH is 2. The number of guanidine groups is 1. The Balaban J connectivity index is 2.29. The zero-order valence-corrected chi connectivity index (χ0v) is 26.8. The average Bonchev–Trinajstić information content (AvgIpc) is 3.38. The third kappa shape index (κ3) is 12.3. The minimum atomic E-state index is -1.65. The summed E-state index contributed by atoms with van der Waals surface area (Å²) in [6.45, 7) is 4.81. The van der Waals surface area contributed by atoms with Crippen molar-refractivity contribution in [3.63, 3.8) is 0 Å². The molecule has 47 heavy (non-hydrogen) atoms. The summed E-state index contributed by atoms with van der Waals surface area (Å²) in [6, 6.07) is -0.341. The lowest BCUT2D eigenvalue weighted by molar-refractivity contribution is -0.147. The zero-order chi connectivity index (χ0) is 35.4. The fraction of sp³-hybridized carbons (Fsp3) is 0.600. The van der Waals surface area contributed by atoms with Crippen LogP contribution in [0.3, 0.4) is 0 Å². The van der Waals surface area contributed by atoms with E-state index in [1.165, 1.54) is 19.1 Å². The molecule has 0 spiro atoms. The number of hydrogen-bond acceptors (Lipinski definition) is 10. The van der Waals surface area contributed by atoms with Crippen molar-refractivity contribution in [2.24, 2.45) is 28.1 Å². The minimum Gasteiger partial charge on any atom is -0.508 e. The maximum atomic E-state index is 13.9. The Morgan fingerprint density at radius 2 is 1.62 bits per heavy atom. The van der Waals surface area contributed by atoms with Crippen LogP contribution in [0.1, 0.15) is 52.0 Å². The molecule has 1 saturated heterocycles. The number of nitrogens with zero attached hydrogens (tertiary/aromatic N) is 2. The summed E-state index contributed by atoms with van der Waals surface area (Å²) in [5.74, 6) is -4.64. The van der Waals surface area contributed by atoms with Crippen LogP contribution in [-0.4, -0.2) is 116 Å². The highest BCUT2D eigenvalue weighted by Crippen LogP contribution is 2.22. The monoisotopic (exact) mass is 664 g/mol. The maximum absolute atomic E-state index is 13.9. The number of nitrogens with two attached hydrogens (primary N) is 3. The Bertz CT molecular complexity index is 1270. The number of carbonyl (C=O) groups is 5. The standard InChI is InChI=1S/C30H48N8O9/c1-15(2)11-22(28(45)38-14-19(41)13-23(38)27(44)37-24(16(3)39)29(46)47)36-26(43)21(12-17-6-8-18(40)9-7-17)35-25(42)20(31)5-4-10-34-30(32)33/h6-9,15-16,19-24,39-41H,4-5,10-14,31H2,1-3H3,(H,35,42)(H,36,43)(H,37,44)(H,46,47)(H4,32,33,34)/t16-,19-,20+,21+,22+,23+,24+/m1/s1. The van der Waals surface area contributed by atoms with Gasteiger partial charge in [0.05, 0.1) is 18.2 Å². The van der Waals surface area contributed by atoms with Crippen molar-refractivity contribution in [3.8, 4) is 5.75 Å². The van der Waals surface area contributed by atoms with E-state index in [2.05, 4.69) is 20.9 Å². The first-order chi connectivity index (χ1) is 22.0. The predicted octanol–water partition coefficient (Wildman–Crippen LogP) is -2.76. The number of aliphatic carboxylic acids is 1. The number of aromatic hydroxyl groups is 1. The minimum absolute atomic E-state index is 0.00121. The molecule has 1 aromatic rings. The molecule has 7 atom stereocenters. The number of amides is 4. The zero-order valence-electron chi connectivity index (χ0n) is 26.8. The van der Waals surface area contributed by atoms with Gasteiger partial charge in [0.2, 0.25) is 23.6 Å². The van der Waals surface area contributed by atoms with Crippen LogP contribution >= 0.6 is 0 Å². The van der Waals surface area contributed by atoms with Gasteiger partial charge in [-0.1, -0.05) is 26.0 Å². The molecule has 0 aliphatic carbocycles. The van der Waals surface area contributed by atoms with E-state index < -0.39 is 72.0 Å². The number of phenolic OH excluding ortho intramolecular Hbond substituents is 1. The van der Waals surface area contributed by atoms with Gasteiger partial charge in [0.25, 0.3) is 0 Å². The Morgan fingerprint density at radius 1 is 1.00 bits per heavy atom. The number of β-amino-alcohol motifs (C(OH)–C–C–N with tert-alkyl or cyclic N) is 1. The van der Waals surface area contributed by atoms with Crippen LogP contribution in [0, 0.1) is 5.92 Å². The number of benzene rings is 1. The molecule has 0 saturated carbocycles. The molecule has 1 aliphatic heterocycles. The van der Waals surface area contributed by atoms with Crippen molar-refractivity contribution in [2.75, 3.05) is 13.1 Å². The number of hydrogen-bond donors (Lipinski definition) is 10. The van der Waals surface area contributed by atoms with Crippen LogP contribution in [-0.2, 0) is 30.4 Å². The van der Waals surface area contributed by atoms with Gasteiger partial charge in [0, 0.05) is 25.9 Å². The SMILES string of the molecule is CC(C)C[C@H](NC(=O)[C@H](Cc1ccc(O)cc1)NC(=O)[C@@H](N)CCCN=C(N)N)C(=O)N1C[C@H](O)C[C@H]1C(=O)N[C@H](C(=O)O)[C@@H](C)O. The lowest BCUT2D eigenvalue weighted by Crippen LogP contribution is -2.59. The van der Waals surface area contributed by atoms with E-state index in [0.717, 1.165) is 4.90 Å². The van der Waals surface area contributed by atoms with Crippen molar-refractivity contribution in [1.82, 2.24) is 20.9 Å². The molecule has 1 aliphatic rings. The number of carbonyl (C=O) groups excluding carboxylic acids is 4. The first-order valence-corrected chi connectivity index (χ1v) is 15.4. The van der Waals surface area contributed by atoms with Crippen molar-refractivity contribution in [3.05, 3.63) is 29.8 Å². The molecular weight excluding hydrogens is 616 g/mol. The van der Waals surface area contributed by atoms with Gasteiger partial charge >= 0.3 is 5.97 Å². The van der Waals surface area contributed by atoms with Crippen LogP contribution in [0.5, 0.6) is 5.75 Å². The van der Waals surface area contributed by atoms with Crippen LogP contribution in [0.4, 0.5) is 0 Å². The number of rotatable bonds is 17. The number of likely N-dealkylation sites (tertiary alicyclic amines) is 1. The molecule has 1 aromatic carbocycles. The number of aliphatic imine (C=N–C) groups is 1. The lowest BCUT2D eigenvalue weighted by Gasteiger charge is -2.31. The molecule has 0 aromatic heterocycles. The number of nitrogens with one attached hydrogen (secondary N) is 3. The van der Waals surface area contributed by atoms with E-state index in [1.807, 2.05) is 13.8 Å². The fourth-order valence-corrected chi connectivity index (χ4v) is 5.12. The Hall–Kier alpha value is -4.48. The van der Waals surface area contributed by atoms with Crippen molar-refractivity contribution in [2.45, 2.75) is 95.3 Å². The third-order valence-electron chi connectivity index (χ3n) is 7.55. The second-order valence-electron chi connectivity index (χ2n) is 12.1. The highest BCUT2D eigenvalue weighted by atomic mass is 16.4. The first-order valence-electron chi connectivity index (χ1n) is 15.4. The van der Waals surface area contributed by atoms with Crippen LogP contribution in [0.2, 0.25) is 0 Å². The molecule has 262 valence electrons. The van der Waals surface area contributed by atoms with Crippen molar-refractivity contribution < 1.29 is 44.4 Å². The Morgan fingerprint density at radius 3 is 2.17 bits per heavy atom.